The highest BCUT2D eigenvalue weighted by Crippen LogP contribution is 2.27. The molecule has 0 atom stereocenters. The molecular formula is C18H19ClF2N2OS. The Morgan fingerprint density at radius 2 is 1.88 bits per heavy atom. The average Bonchev–Trinajstić information content (AvgIpc) is 2.52. The van der Waals surface area contributed by atoms with Crippen LogP contribution < -0.4 is 15.4 Å². The first-order valence-electron chi connectivity index (χ1n) is 7.70. The molecule has 0 saturated heterocycles. The van der Waals surface area contributed by atoms with Gasteiger partial charge in [0.1, 0.15) is 5.75 Å². The van der Waals surface area contributed by atoms with Crippen molar-refractivity contribution in [3.63, 3.8) is 0 Å². The van der Waals surface area contributed by atoms with Gasteiger partial charge < -0.3 is 15.4 Å². The van der Waals surface area contributed by atoms with Gasteiger partial charge in [-0.25, -0.2) is 0 Å². The van der Waals surface area contributed by atoms with Gasteiger partial charge in [-0.05, 0) is 67.4 Å². The van der Waals surface area contributed by atoms with Crippen molar-refractivity contribution in [1.29, 1.82) is 0 Å². The lowest BCUT2D eigenvalue weighted by molar-refractivity contribution is -0.0498. The Morgan fingerprint density at radius 3 is 2.48 bits per heavy atom. The van der Waals surface area contributed by atoms with Crippen LogP contribution >= 0.6 is 23.8 Å². The number of rotatable bonds is 6. The molecule has 0 amide bonds. The number of aryl methyl sites for hydroxylation is 2. The van der Waals surface area contributed by atoms with Crippen molar-refractivity contribution in [2.75, 3.05) is 11.9 Å². The Balaban J connectivity index is 1.83. The molecule has 2 aromatic carbocycles. The highest BCUT2D eigenvalue weighted by molar-refractivity contribution is 7.80. The largest absolute Gasteiger partial charge is 0.435 e. The van der Waals surface area contributed by atoms with E-state index < -0.39 is 6.61 Å². The zero-order valence-corrected chi connectivity index (χ0v) is 15.5. The summed E-state index contributed by atoms with van der Waals surface area (Å²) in [5.41, 5.74) is 3.88. The summed E-state index contributed by atoms with van der Waals surface area (Å²) in [5, 5.41) is 7.31. The maximum absolute atomic E-state index is 12.1. The molecule has 2 N–H and O–H groups in total. The van der Waals surface area contributed by atoms with Gasteiger partial charge in [-0.3, -0.25) is 0 Å². The molecule has 0 aliphatic heterocycles. The van der Waals surface area contributed by atoms with Crippen LogP contribution in [0.1, 0.15) is 16.7 Å². The summed E-state index contributed by atoms with van der Waals surface area (Å²) >= 11 is 11.5. The van der Waals surface area contributed by atoms with E-state index >= 15 is 0 Å². The molecule has 0 fully saturated rings. The average molecular weight is 385 g/mol. The minimum absolute atomic E-state index is 0.147. The summed E-state index contributed by atoms with van der Waals surface area (Å²) in [6, 6.07) is 10.4. The second-order valence-corrected chi connectivity index (χ2v) is 6.41. The van der Waals surface area contributed by atoms with Crippen molar-refractivity contribution >= 4 is 34.6 Å². The molecule has 0 aliphatic rings. The van der Waals surface area contributed by atoms with Crippen LogP contribution in [-0.2, 0) is 6.42 Å². The molecule has 3 nitrogen and oxygen atoms in total. The van der Waals surface area contributed by atoms with Gasteiger partial charge in [-0.15, -0.1) is 0 Å². The molecule has 0 heterocycles. The summed E-state index contributed by atoms with van der Waals surface area (Å²) in [7, 11) is 0. The Hall–Kier alpha value is -1.92. The minimum atomic E-state index is -2.81. The molecule has 0 aliphatic carbocycles. The van der Waals surface area contributed by atoms with E-state index in [2.05, 4.69) is 15.4 Å². The molecule has 0 unspecified atom stereocenters. The number of hydrogen-bond acceptors (Lipinski definition) is 2. The smallest absolute Gasteiger partial charge is 0.387 e. The monoisotopic (exact) mass is 384 g/mol. The molecule has 0 radical (unpaired) electrons. The van der Waals surface area contributed by atoms with Crippen LogP contribution in [0.3, 0.4) is 0 Å². The lowest BCUT2D eigenvalue weighted by Crippen LogP contribution is -2.30. The summed E-state index contributed by atoms with van der Waals surface area (Å²) in [4.78, 5) is 0. The number of hydrogen-bond donors (Lipinski definition) is 2. The molecule has 0 spiro atoms. The third kappa shape index (κ3) is 6.14. The highest BCUT2D eigenvalue weighted by Gasteiger charge is 2.07. The quantitative estimate of drug-likeness (QED) is 0.680. The predicted molar refractivity (Wildman–Crippen MR) is 102 cm³/mol. The first kappa shape index (κ1) is 19.4. The summed E-state index contributed by atoms with van der Waals surface area (Å²) in [5.74, 6) is 0.147. The predicted octanol–water partition coefficient (Wildman–Crippen LogP) is 5.09. The van der Waals surface area contributed by atoms with Gasteiger partial charge in [-0.2, -0.15) is 8.78 Å². The zero-order chi connectivity index (χ0) is 18.4. The van der Waals surface area contributed by atoms with Crippen molar-refractivity contribution in [3.8, 4) is 5.75 Å². The van der Waals surface area contributed by atoms with Gasteiger partial charge in [0.05, 0.1) is 10.7 Å². The van der Waals surface area contributed by atoms with Gasteiger partial charge in [0, 0.05) is 6.54 Å². The first-order valence-corrected chi connectivity index (χ1v) is 8.49. The van der Waals surface area contributed by atoms with Crippen molar-refractivity contribution in [2.45, 2.75) is 26.9 Å². The molecule has 0 bridgehead atoms. The third-order valence-electron chi connectivity index (χ3n) is 3.52. The summed E-state index contributed by atoms with van der Waals surface area (Å²) in [6.45, 7) is 1.74. The number of ether oxygens (including phenoxy) is 1. The maximum atomic E-state index is 12.1. The van der Waals surface area contributed by atoms with Crippen LogP contribution in [0.2, 0.25) is 5.02 Å². The molecule has 2 aromatic rings. The van der Waals surface area contributed by atoms with Gasteiger partial charge in [0.15, 0.2) is 5.11 Å². The van der Waals surface area contributed by atoms with Crippen LogP contribution in [0.25, 0.3) is 0 Å². The van der Waals surface area contributed by atoms with E-state index in [1.807, 2.05) is 26.0 Å². The SMILES string of the molecule is Cc1cc(C)c(NC(=S)NCCc2ccc(OC(F)F)cc2)c(Cl)c1. The van der Waals surface area contributed by atoms with Crippen molar-refractivity contribution < 1.29 is 13.5 Å². The van der Waals surface area contributed by atoms with Gasteiger partial charge in [-0.1, -0.05) is 29.8 Å². The lowest BCUT2D eigenvalue weighted by Gasteiger charge is -2.14. The number of anilines is 1. The first-order chi connectivity index (χ1) is 11.8. The third-order valence-corrected chi connectivity index (χ3v) is 4.06. The maximum Gasteiger partial charge on any atom is 0.387 e. The number of benzene rings is 2. The summed E-state index contributed by atoms with van der Waals surface area (Å²) in [6.07, 6.45) is 0.692. The second kappa shape index (κ2) is 8.97. The fraction of sp³-hybridized carbons (Fsp3) is 0.278. The standard InChI is InChI=1S/C18H19ClF2N2OS/c1-11-9-12(2)16(15(19)10-11)23-18(25)22-8-7-13-3-5-14(6-4-13)24-17(20)21/h3-6,9-10,17H,7-8H2,1-2H3,(H2,22,23,25). The van der Waals surface area contributed by atoms with E-state index in [1.165, 1.54) is 12.1 Å². The van der Waals surface area contributed by atoms with E-state index in [0.29, 0.717) is 23.1 Å². The van der Waals surface area contributed by atoms with Crippen LogP contribution in [0.15, 0.2) is 36.4 Å². The minimum Gasteiger partial charge on any atom is -0.435 e. The van der Waals surface area contributed by atoms with Crippen molar-refractivity contribution in [3.05, 3.63) is 58.1 Å². The van der Waals surface area contributed by atoms with Gasteiger partial charge >= 0.3 is 6.61 Å². The van der Waals surface area contributed by atoms with Crippen molar-refractivity contribution in [2.24, 2.45) is 0 Å². The van der Waals surface area contributed by atoms with E-state index in [9.17, 15) is 8.78 Å². The van der Waals surface area contributed by atoms with Gasteiger partial charge in [0.2, 0.25) is 0 Å². The van der Waals surface area contributed by atoms with Gasteiger partial charge in [0.25, 0.3) is 0 Å². The zero-order valence-electron chi connectivity index (χ0n) is 13.9. The lowest BCUT2D eigenvalue weighted by atomic mass is 10.1. The number of halogens is 3. The number of thiocarbonyl (C=S) groups is 1. The summed E-state index contributed by atoms with van der Waals surface area (Å²) < 4.78 is 28.5. The number of nitrogens with one attached hydrogen (secondary N) is 2. The highest BCUT2D eigenvalue weighted by atomic mass is 35.5. The van der Waals surface area contributed by atoms with E-state index in [4.69, 9.17) is 23.8 Å². The van der Waals surface area contributed by atoms with E-state index in [-0.39, 0.29) is 5.75 Å². The molecule has 0 aromatic heterocycles. The normalized spacial score (nSPS) is 10.6. The molecule has 134 valence electrons. The van der Waals surface area contributed by atoms with Crippen LogP contribution in [0.5, 0.6) is 5.75 Å². The van der Waals surface area contributed by atoms with Crippen LogP contribution in [0, 0.1) is 13.8 Å². The molecule has 25 heavy (non-hydrogen) atoms. The molecule has 0 saturated carbocycles. The topological polar surface area (TPSA) is 33.3 Å². The van der Waals surface area contributed by atoms with E-state index in [1.54, 1.807) is 12.1 Å². The van der Waals surface area contributed by atoms with Crippen LogP contribution in [-0.4, -0.2) is 18.3 Å². The second-order valence-electron chi connectivity index (χ2n) is 5.59. The fourth-order valence-corrected chi connectivity index (χ4v) is 2.96. The fourth-order valence-electron chi connectivity index (χ4n) is 2.39. The number of alkyl halides is 2. The molecular weight excluding hydrogens is 366 g/mol. The molecule has 2 rings (SSSR count). The van der Waals surface area contributed by atoms with E-state index in [0.717, 1.165) is 22.4 Å². The van der Waals surface area contributed by atoms with Crippen molar-refractivity contribution in [1.82, 2.24) is 5.32 Å². The molecule has 7 heteroatoms. The Labute approximate surface area is 156 Å². The Bertz CT molecular complexity index is 715. The van der Waals surface area contributed by atoms with Crippen LogP contribution in [0.4, 0.5) is 14.5 Å². The Kier molecular flexibility index (Phi) is 6.96. The Morgan fingerprint density at radius 1 is 1.20 bits per heavy atom.